The van der Waals surface area contributed by atoms with E-state index in [1.165, 1.54) is 0 Å². The van der Waals surface area contributed by atoms with Crippen molar-refractivity contribution in [2.45, 2.75) is 89.6 Å². The van der Waals surface area contributed by atoms with Crippen LogP contribution >= 0.6 is 0 Å². The summed E-state index contributed by atoms with van der Waals surface area (Å²) in [7, 11) is 0. The molecule has 1 spiro atoms. The Morgan fingerprint density at radius 1 is 1.14 bits per heavy atom. The number of aliphatic hydroxyl groups excluding tert-OH is 1. The number of fused-ring (bicyclic) bond motifs is 1. The Kier molecular flexibility index (Phi) is 7.23. The lowest BCUT2D eigenvalue weighted by Crippen LogP contribution is -2.58. The number of hydrogen-bond donors (Lipinski definition) is 3. The van der Waals surface area contributed by atoms with E-state index in [0.29, 0.717) is 32.4 Å². The summed E-state index contributed by atoms with van der Waals surface area (Å²) < 4.78 is 6.72. The van der Waals surface area contributed by atoms with Crippen LogP contribution in [0.1, 0.15) is 65.9 Å². The maximum absolute atomic E-state index is 14.0. The molecule has 3 fully saturated rings. The van der Waals surface area contributed by atoms with Crippen molar-refractivity contribution >= 4 is 17.7 Å². The summed E-state index contributed by atoms with van der Waals surface area (Å²) in [5, 5.41) is 15.3. The molecule has 198 valence electrons. The molecule has 3 N–H and O–H groups in total. The minimum Gasteiger partial charge on any atom is -0.396 e. The zero-order chi connectivity index (χ0) is 26.3. The third-order valence-corrected chi connectivity index (χ3v) is 8.21. The van der Waals surface area contributed by atoms with E-state index in [2.05, 4.69) is 17.6 Å². The van der Waals surface area contributed by atoms with Crippen molar-refractivity contribution in [1.29, 1.82) is 0 Å². The first kappa shape index (κ1) is 26.6. The van der Waals surface area contributed by atoms with Gasteiger partial charge in [-0.2, -0.15) is 0 Å². The van der Waals surface area contributed by atoms with Gasteiger partial charge in [-0.3, -0.25) is 14.4 Å². The second-order valence-corrected chi connectivity index (χ2v) is 12.0. The Balaban J connectivity index is 1.66. The molecule has 4 rings (SSSR count). The van der Waals surface area contributed by atoms with Gasteiger partial charge in [-0.15, -0.1) is 0 Å². The lowest BCUT2D eigenvalue weighted by Gasteiger charge is -2.37. The molecule has 3 heterocycles. The molecule has 36 heavy (non-hydrogen) atoms. The van der Waals surface area contributed by atoms with Gasteiger partial charge in [0.15, 0.2) is 0 Å². The van der Waals surface area contributed by atoms with Gasteiger partial charge in [0.1, 0.15) is 11.6 Å². The summed E-state index contributed by atoms with van der Waals surface area (Å²) in [4.78, 5) is 43.0. The zero-order valence-corrected chi connectivity index (χ0v) is 22.2. The number of nitrogens with one attached hydrogen (secondary N) is 2. The monoisotopic (exact) mass is 499 g/mol. The van der Waals surface area contributed by atoms with Gasteiger partial charge in [-0.1, -0.05) is 37.3 Å². The first-order chi connectivity index (χ1) is 16.9. The van der Waals surface area contributed by atoms with Crippen molar-refractivity contribution < 1.29 is 24.2 Å². The third kappa shape index (κ3) is 4.54. The predicted molar refractivity (Wildman–Crippen MR) is 136 cm³/mol. The molecule has 3 amide bonds. The van der Waals surface area contributed by atoms with E-state index in [1.807, 2.05) is 58.0 Å². The molecule has 3 saturated heterocycles. The van der Waals surface area contributed by atoms with Crippen LogP contribution in [0.3, 0.4) is 0 Å². The third-order valence-electron chi connectivity index (χ3n) is 8.21. The van der Waals surface area contributed by atoms with Crippen molar-refractivity contribution in [1.82, 2.24) is 15.5 Å². The summed E-state index contributed by atoms with van der Waals surface area (Å²) in [6, 6.07) is 8.88. The number of benzene rings is 1. The summed E-state index contributed by atoms with van der Waals surface area (Å²) in [6.07, 6.45) is 2.62. The summed E-state index contributed by atoms with van der Waals surface area (Å²) in [5.41, 5.74) is -1.36. The van der Waals surface area contributed by atoms with Crippen molar-refractivity contribution in [3.63, 3.8) is 0 Å². The Labute approximate surface area is 214 Å². The molecular weight excluding hydrogens is 458 g/mol. The molecule has 1 aromatic carbocycles. The maximum atomic E-state index is 14.0. The van der Waals surface area contributed by atoms with Crippen LogP contribution in [0.5, 0.6) is 0 Å². The maximum Gasteiger partial charge on any atom is 0.246 e. The second-order valence-electron chi connectivity index (χ2n) is 12.0. The van der Waals surface area contributed by atoms with Crippen molar-refractivity contribution in [3.05, 3.63) is 35.9 Å². The van der Waals surface area contributed by atoms with Crippen LogP contribution in [0, 0.1) is 17.8 Å². The number of ether oxygens (including phenoxy) is 1. The fraction of sp³-hybridized carbons (Fsp3) is 0.679. The minimum absolute atomic E-state index is 0.00769. The van der Waals surface area contributed by atoms with Crippen LogP contribution in [0.4, 0.5) is 0 Å². The standard InChI is InChI=1S/C28H41N3O5/c1-18-16-28-21(20(27(18,5)36-28)23(33)29-17-19-12-8-6-9-13-19)25(35)31(14-10-7-11-15-32)22(28)24(34)30-26(2,3)4/h6,8-9,12-13,18,20-22,32H,7,10-11,14-17H2,1-5H3,(H,29,33)(H,30,34)/t18?,20-,21-,22?,27+,28?/m0/s1. The summed E-state index contributed by atoms with van der Waals surface area (Å²) in [6.45, 7) is 10.6. The highest BCUT2D eigenvalue weighted by atomic mass is 16.5. The average molecular weight is 500 g/mol. The highest BCUT2D eigenvalue weighted by Crippen LogP contribution is 2.65. The molecule has 1 aromatic rings. The quantitative estimate of drug-likeness (QED) is 0.452. The van der Waals surface area contributed by atoms with E-state index in [4.69, 9.17) is 4.74 Å². The lowest BCUT2D eigenvalue weighted by molar-refractivity contribution is -0.148. The highest BCUT2D eigenvalue weighted by molar-refractivity contribution is 5.99. The Morgan fingerprint density at radius 3 is 2.47 bits per heavy atom. The number of likely N-dealkylation sites (tertiary alicyclic amines) is 1. The van der Waals surface area contributed by atoms with Gasteiger partial charge in [0, 0.05) is 25.2 Å². The number of unbranched alkanes of at least 4 members (excludes halogenated alkanes) is 2. The molecule has 3 unspecified atom stereocenters. The number of aliphatic hydroxyl groups is 1. The molecule has 8 heteroatoms. The molecule has 3 aliphatic rings. The van der Waals surface area contributed by atoms with Crippen LogP contribution in [-0.2, 0) is 25.7 Å². The Hall–Kier alpha value is -2.45. The fourth-order valence-corrected chi connectivity index (χ4v) is 6.58. The smallest absolute Gasteiger partial charge is 0.246 e. The van der Waals surface area contributed by atoms with E-state index in [9.17, 15) is 19.5 Å². The van der Waals surface area contributed by atoms with Crippen LogP contribution in [0.2, 0.25) is 0 Å². The van der Waals surface area contributed by atoms with Crippen molar-refractivity contribution in [3.8, 4) is 0 Å². The Morgan fingerprint density at radius 2 is 1.83 bits per heavy atom. The first-order valence-electron chi connectivity index (χ1n) is 13.2. The van der Waals surface area contributed by atoms with E-state index < -0.39 is 34.6 Å². The van der Waals surface area contributed by atoms with Gasteiger partial charge in [0.2, 0.25) is 17.7 Å². The number of nitrogens with zero attached hydrogens (tertiary/aromatic N) is 1. The molecule has 0 aromatic heterocycles. The topological polar surface area (TPSA) is 108 Å². The normalized spacial score (nSPS) is 33.1. The SMILES string of the molecule is CC1CC23O[C@@]1(C)[C@H](C(=O)NCc1ccccc1)[C@H]2C(=O)N(CCCCCO)C3C(=O)NC(C)(C)C. The number of rotatable bonds is 9. The van der Waals surface area contributed by atoms with E-state index in [-0.39, 0.29) is 30.2 Å². The van der Waals surface area contributed by atoms with Gasteiger partial charge >= 0.3 is 0 Å². The zero-order valence-electron chi connectivity index (χ0n) is 22.2. The number of carbonyl (C=O) groups excluding carboxylic acids is 3. The molecule has 0 radical (unpaired) electrons. The van der Waals surface area contributed by atoms with Gasteiger partial charge in [-0.25, -0.2) is 0 Å². The number of hydrogen-bond acceptors (Lipinski definition) is 5. The van der Waals surface area contributed by atoms with Crippen LogP contribution in [0.25, 0.3) is 0 Å². The highest BCUT2D eigenvalue weighted by Gasteiger charge is 2.79. The van der Waals surface area contributed by atoms with Gasteiger partial charge in [0.05, 0.1) is 17.4 Å². The van der Waals surface area contributed by atoms with Crippen LogP contribution in [-0.4, -0.2) is 63.7 Å². The van der Waals surface area contributed by atoms with Gasteiger partial charge < -0.3 is 25.4 Å². The van der Waals surface area contributed by atoms with E-state index in [0.717, 1.165) is 12.0 Å². The molecule has 6 atom stereocenters. The molecule has 3 aliphatic heterocycles. The van der Waals surface area contributed by atoms with E-state index in [1.54, 1.807) is 4.90 Å². The average Bonchev–Trinajstić information content (AvgIpc) is 3.31. The van der Waals surface area contributed by atoms with Crippen LogP contribution < -0.4 is 10.6 Å². The Bertz CT molecular complexity index is 993. The van der Waals surface area contributed by atoms with Crippen molar-refractivity contribution in [2.75, 3.05) is 13.2 Å². The number of carbonyl (C=O) groups is 3. The largest absolute Gasteiger partial charge is 0.396 e. The molecule has 2 bridgehead atoms. The predicted octanol–water partition coefficient (Wildman–Crippen LogP) is 2.39. The molecular formula is C28H41N3O5. The molecule has 0 saturated carbocycles. The lowest BCUT2D eigenvalue weighted by atomic mass is 9.62. The summed E-state index contributed by atoms with van der Waals surface area (Å²) in [5.74, 6) is -1.99. The van der Waals surface area contributed by atoms with Gasteiger partial charge in [0.25, 0.3) is 0 Å². The molecule has 8 nitrogen and oxygen atoms in total. The molecule has 0 aliphatic carbocycles. The summed E-state index contributed by atoms with van der Waals surface area (Å²) >= 11 is 0. The van der Waals surface area contributed by atoms with Gasteiger partial charge in [-0.05, 0) is 64.9 Å². The first-order valence-corrected chi connectivity index (χ1v) is 13.2. The van der Waals surface area contributed by atoms with Crippen molar-refractivity contribution in [2.24, 2.45) is 17.8 Å². The van der Waals surface area contributed by atoms with Crippen LogP contribution in [0.15, 0.2) is 30.3 Å². The number of amides is 3. The fourth-order valence-electron chi connectivity index (χ4n) is 6.58. The van der Waals surface area contributed by atoms with E-state index >= 15 is 0 Å². The second kappa shape index (κ2) is 9.78. The minimum atomic E-state index is -1.04.